The molecule has 0 bridgehead atoms. The van der Waals surface area contributed by atoms with Crippen molar-refractivity contribution in [1.29, 1.82) is 0 Å². The van der Waals surface area contributed by atoms with E-state index >= 15 is 0 Å². The summed E-state index contributed by atoms with van der Waals surface area (Å²) in [6.07, 6.45) is 1.61. The minimum absolute atomic E-state index is 0.393. The number of carbonyl (C=O) groups is 1. The molecule has 0 radical (unpaired) electrons. The van der Waals surface area contributed by atoms with Gasteiger partial charge >= 0.3 is 5.97 Å². The number of pyridine rings is 1. The fourth-order valence-corrected chi connectivity index (χ4v) is 1.42. The molecule has 0 aliphatic rings. The largest absolute Gasteiger partial charge is 0.480 e. The molecule has 1 aromatic carbocycles. The van der Waals surface area contributed by atoms with E-state index in [2.05, 4.69) is 4.98 Å². The van der Waals surface area contributed by atoms with E-state index in [9.17, 15) is 4.79 Å². The van der Waals surface area contributed by atoms with E-state index in [1.807, 2.05) is 6.07 Å². The van der Waals surface area contributed by atoms with Gasteiger partial charge < -0.3 is 15.6 Å². The summed E-state index contributed by atoms with van der Waals surface area (Å²) < 4.78 is 5.12. The maximum atomic E-state index is 10.4. The number of hydrogen-bond donors (Lipinski definition) is 2. The van der Waals surface area contributed by atoms with Crippen molar-refractivity contribution >= 4 is 22.6 Å². The van der Waals surface area contributed by atoms with E-state index in [0.717, 1.165) is 5.39 Å². The van der Waals surface area contributed by atoms with Crippen LogP contribution >= 0.6 is 0 Å². The molecule has 1 aromatic heterocycles. The van der Waals surface area contributed by atoms with Gasteiger partial charge in [-0.05, 0) is 24.3 Å². The van der Waals surface area contributed by atoms with E-state index in [0.29, 0.717) is 17.0 Å². The molecular formula is C11H10N2O3. The third-order valence-corrected chi connectivity index (χ3v) is 2.12. The highest BCUT2D eigenvalue weighted by molar-refractivity contribution is 5.94. The van der Waals surface area contributed by atoms with Gasteiger partial charge in [0.1, 0.15) is 11.3 Å². The van der Waals surface area contributed by atoms with Gasteiger partial charge in [-0.1, -0.05) is 0 Å². The van der Waals surface area contributed by atoms with Crippen LogP contribution in [0.1, 0.15) is 0 Å². The molecule has 0 saturated heterocycles. The Kier molecular flexibility index (Phi) is 2.59. The molecule has 0 fully saturated rings. The summed E-state index contributed by atoms with van der Waals surface area (Å²) in [4.78, 5) is 14.5. The number of aliphatic carboxylic acids is 1. The summed E-state index contributed by atoms with van der Waals surface area (Å²) in [7, 11) is 0. The van der Waals surface area contributed by atoms with Crippen molar-refractivity contribution in [2.45, 2.75) is 0 Å². The monoisotopic (exact) mass is 218 g/mol. The van der Waals surface area contributed by atoms with Crippen molar-refractivity contribution < 1.29 is 14.6 Å². The van der Waals surface area contributed by atoms with Crippen molar-refractivity contribution in [2.24, 2.45) is 0 Å². The van der Waals surface area contributed by atoms with Crippen LogP contribution in [0.5, 0.6) is 5.75 Å². The number of nitrogens with two attached hydrogens (primary N) is 1. The Morgan fingerprint density at radius 3 is 3.00 bits per heavy atom. The van der Waals surface area contributed by atoms with Crippen LogP contribution in [-0.2, 0) is 4.79 Å². The van der Waals surface area contributed by atoms with Crippen LogP contribution in [0.15, 0.2) is 30.5 Å². The highest BCUT2D eigenvalue weighted by Gasteiger charge is 2.07. The fourth-order valence-electron chi connectivity index (χ4n) is 1.42. The number of rotatable bonds is 3. The molecule has 0 atom stereocenters. The quantitative estimate of drug-likeness (QED) is 0.758. The predicted molar refractivity (Wildman–Crippen MR) is 59.3 cm³/mol. The predicted octanol–water partition coefficient (Wildman–Crippen LogP) is 1.28. The Labute approximate surface area is 91.5 Å². The number of carboxylic acids is 1. The summed E-state index contributed by atoms with van der Waals surface area (Å²) >= 11 is 0. The van der Waals surface area contributed by atoms with Crippen LogP contribution in [-0.4, -0.2) is 22.7 Å². The van der Waals surface area contributed by atoms with Crippen LogP contribution in [0.3, 0.4) is 0 Å². The molecule has 5 nitrogen and oxygen atoms in total. The van der Waals surface area contributed by atoms with E-state index in [1.165, 1.54) is 0 Å². The van der Waals surface area contributed by atoms with E-state index in [4.69, 9.17) is 15.6 Å². The summed E-state index contributed by atoms with van der Waals surface area (Å²) in [5.74, 6) is -0.604. The van der Waals surface area contributed by atoms with Crippen LogP contribution in [0.2, 0.25) is 0 Å². The second kappa shape index (κ2) is 4.06. The van der Waals surface area contributed by atoms with E-state index in [1.54, 1.807) is 24.4 Å². The average Bonchev–Trinajstić information content (AvgIpc) is 2.28. The van der Waals surface area contributed by atoms with Gasteiger partial charge in [-0.2, -0.15) is 0 Å². The van der Waals surface area contributed by atoms with E-state index in [-0.39, 0.29) is 0 Å². The molecule has 0 amide bonds. The third kappa shape index (κ3) is 1.88. The van der Waals surface area contributed by atoms with Gasteiger partial charge in [0.05, 0.1) is 0 Å². The minimum Gasteiger partial charge on any atom is -0.480 e. The molecule has 0 spiro atoms. The smallest absolute Gasteiger partial charge is 0.341 e. The van der Waals surface area contributed by atoms with Gasteiger partial charge in [0, 0.05) is 17.3 Å². The molecule has 3 N–H and O–H groups in total. The Bertz CT molecular complexity index is 540. The molecule has 0 aliphatic carbocycles. The van der Waals surface area contributed by atoms with Crippen LogP contribution in [0.25, 0.3) is 10.9 Å². The van der Waals surface area contributed by atoms with Gasteiger partial charge in [0.25, 0.3) is 0 Å². The zero-order chi connectivity index (χ0) is 11.5. The Balaban J connectivity index is 2.46. The zero-order valence-corrected chi connectivity index (χ0v) is 8.38. The lowest BCUT2D eigenvalue weighted by atomic mass is 10.2. The molecule has 2 rings (SSSR count). The standard InChI is InChI=1S/C11H10N2O3/c12-8-3-4-9(16-6-10(14)15)11-7(8)2-1-5-13-11/h1-5H,6,12H2,(H,14,15). The van der Waals surface area contributed by atoms with Crippen LogP contribution in [0, 0.1) is 0 Å². The zero-order valence-electron chi connectivity index (χ0n) is 8.38. The molecular weight excluding hydrogens is 208 g/mol. The summed E-state index contributed by atoms with van der Waals surface area (Å²) in [5.41, 5.74) is 6.93. The first kappa shape index (κ1) is 10.2. The highest BCUT2D eigenvalue weighted by atomic mass is 16.5. The maximum Gasteiger partial charge on any atom is 0.341 e. The molecule has 2 aromatic rings. The number of ether oxygens (including phenoxy) is 1. The van der Waals surface area contributed by atoms with Crippen molar-refractivity contribution in [3.8, 4) is 5.75 Å². The molecule has 0 saturated carbocycles. The average molecular weight is 218 g/mol. The minimum atomic E-state index is -1.03. The first-order valence-electron chi connectivity index (χ1n) is 4.66. The van der Waals surface area contributed by atoms with E-state index < -0.39 is 12.6 Å². The van der Waals surface area contributed by atoms with Crippen LogP contribution < -0.4 is 10.5 Å². The molecule has 1 heterocycles. The lowest BCUT2D eigenvalue weighted by Crippen LogP contribution is -2.09. The Morgan fingerprint density at radius 1 is 1.44 bits per heavy atom. The first-order chi connectivity index (χ1) is 7.68. The van der Waals surface area contributed by atoms with Crippen molar-refractivity contribution in [2.75, 3.05) is 12.3 Å². The molecule has 16 heavy (non-hydrogen) atoms. The summed E-state index contributed by atoms with van der Waals surface area (Å²) in [6.45, 7) is -0.393. The highest BCUT2D eigenvalue weighted by Crippen LogP contribution is 2.27. The van der Waals surface area contributed by atoms with Crippen molar-refractivity contribution in [1.82, 2.24) is 4.98 Å². The number of hydrogen-bond acceptors (Lipinski definition) is 4. The normalized spacial score (nSPS) is 10.2. The Morgan fingerprint density at radius 2 is 2.25 bits per heavy atom. The molecule has 82 valence electrons. The summed E-state index contributed by atoms with van der Waals surface area (Å²) in [5, 5.41) is 9.29. The fraction of sp³-hybridized carbons (Fsp3) is 0.0909. The Hall–Kier alpha value is -2.30. The third-order valence-electron chi connectivity index (χ3n) is 2.12. The lowest BCUT2D eigenvalue weighted by molar-refractivity contribution is -0.139. The molecule has 0 unspecified atom stereocenters. The van der Waals surface area contributed by atoms with Gasteiger partial charge in [-0.3, -0.25) is 4.98 Å². The number of carboxylic acid groups (broad SMARTS) is 1. The van der Waals surface area contributed by atoms with Crippen molar-refractivity contribution in [3.63, 3.8) is 0 Å². The maximum absolute atomic E-state index is 10.4. The van der Waals surface area contributed by atoms with Gasteiger partial charge in [0.2, 0.25) is 0 Å². The number of nitrogen functional groups attached to an aromatic ring is 1. The summed E-state index contributed by atoms with van der Waals surface area (Å²) in [6, 6.07) is 6.86. The van der Waals surface area contributed by atoms with Gasteiger partial charge in [-0.25, -0.2) is 4.79 Å². The van der Waals surface area contributed by atoms with Gasteiger partial charge in [-0.15, -0.1) is 0 Å². The molecule has 5 heteroatoms. The number of anilines is 1. The number of aromatic nitrogens is 1. The first-order valence-corrected chi connectivity index (χ1v) is 4.66. The second-order valence-electron chi connectivity index (χ2n) is 3.23. The SMILES string of the molecule is Nc1ccc(OCC(=O)O)c2ncccc12. The van der Waals surface area contributed by atoms with Gasteiger partial charge in [0.15, 0.2) is 6.61 Å². The van der Waals surface area contributed by atoms with Crippen molar-refractivity contribution in [3.05, 3.63) is 30.5 Å². The number of benzene rings is 1. The number of nitrogens with zero attached hydrogens (tertiary/aromatic N) is 1. The topological polar surface area (TPSA) is 85.4 Å². The van der Waals surface area contributed by atoms with Crippen LogP contribution in [0.4, 0.5) is 5.69 Å². The second-order valence-corrected chi connectivity index (χ2v) is 3.23. The lowest BCUT2D eigenvalue weighted by Gasteiger charge is -2.07. The molecule has 0 aliphatic heterocycles. The number of fused-ring (bicyclic) bond motifs is 1.